The van der Waals surface area contributed by atoms with Crippen molar-refractivity contribution in [3.63, 3.8) is 0 Å². The van der Waals surface area contributed by atoms with Gasteiger partial charge in [-0.1, -0.05) is 135 Å². The van der Waals surface area contributed by atoms with Gasteiger partial charge in [0.05, 0.1) is 31.9 Å². The minimum atomic E-state index is -1.62. The maximum Gasteiger partial charge on any atom is 0.320 e. The highest BCUT2D eigenvalue weighted by molar-refractivity contribution is 5.76. The van der Waals surface area contributed by atoms with Crippen LogP contribution in [-0.2, 0) is 23.8 Å². The van der Waals surface area contributed by atoms with E-state index < -0.39 is 61.2 Å². The maximum absolute atomic E-state index is 13.0. The van der Waals surface area contributed by atoms with Gasteiger partial charge in [-0.15, -0.1) is 0 Å². The predicted molar refractivity (Wildman–Crippen MR) is 231 cm³/mol. The molecule has 0 radical (unpaired) electrons. The highest BCUT2D eigenvalue weighted by atomic mass is 16.7. The van der Waals surface area contributed by atoms with Crippen LogP contribution in [0.1, 0.15) is 188 Å². The summed E-state index contributed by atoms with van der Waals surface area (Å²) in [4.78, 5) is 27.4. The molecule has 0 saturated carbocycles. The first-order valence-electron chi connectivity index (χ1n) is 23.8. The van der Waals surface area contributed by atoms with E-state index in [9.17, 15) is 40.2 Å². The number of hydrogen-bond donors (Lipinski definition) is 7. The van der Waals surface area contributed by atoms with Gasteiger partial charge >= 0.3 is 5.97 Å². The Morgan fingerprint density at radius 2 is 1.27 bits per heavy atom. The predicted octanol–water partition coefficient (Wildman–Crippen LogP) is 6.06. The first-order chi connectivity index (χ1) is 28.2. The molecule has 0 aromatic heterocycles. The second-order valence-corrected chi connectivity index (χ2v) is 18.6. The third-order valence-electron chi connectivity index (χ3n) is 12.0. The van der Waals surface area contributed by atoms with Gasteiger partial charge in [0.25, 0.3) is 0 Å². The van der Waals surface area contributed by atoms with Crippen LogP contribution in [0.15, 0.2) is 0 Å². The number of unbranched alkanes of at least 4 members (excludes halogenated alkanes) is 18. The van der Waals surface area contributed by atoms with Crippen LogP contribution in [0, 0.1) is 5.92 Å². The molecule has 0 aliphatic carbocycles. The lowest BCUT2D eigenvalue weighted by Gasteiger charge is -2.40. The Bertz CT molecular complexity index is 1070. The number of esters is 1. The number of ether oxygens (including phenoxy) is 3. The zero-order valence-electron chi connectivity index (χ0n) is 37.6. The Balaban J connectivity index is 1.66. The van der Waals surface area contributed by atoms with E-state index in [0.717, 1.165) is 76.8 Å². The summed E-state index contributed by atoms with van der Waals surface area (Å²) in [6.07, 6.45) is 17.2. The lowest BCUT2D eigenvalue weighted by atomic mass is 9.91. The summed E-state index contributed by atoms with van der Waals surface area (Å²) < 4.78 is 16.6. The van der Waals surface area contributed by atoms with Crippen LogP contribution >= 0.6 is 0 Å². The van der Waals surface area contributed by atoms with Crippen molar-refractivity contribution >= 4 is 11.9 Å². The van der Waals surface area contributed by atoms with Crippen molar-refractivity contribution in [3.05, 3.63) is 0 Å². The third-order valence-corrected chi connectivity index (χ3v) is 12.0. The normalized spacial score (nSPS) is 23.5. The van der Waals surface area contributed by atoms with E-state index in [0.29, 0.717) is 19.4 Å². The molecule has 13 nitrogen and oxygen atoms in total. The molecule has 59 heavy (non-hydrogen) atoms. The van der Waals surface area contributed by atoms with Gasteiger partial charge in [-0.25, -0.2) is 0 Å². The monoisotopic (exact) mass is 845 g/mol. The van der Waals surface area contributed by atoms with Crippen molar-refractivity contribution in [2.45, 2.75) is 243 Å². The molecule has 13 heteroatoms. The molecule has 2 aliphatic heterocycles. The van der Waals surface area contributed by atoms with Gasteiger partial charge in [0.15, 0.2) is 6.29 Å². The van der Waals surface area contributed by atoms with Crippen LogP contribution in [0.3, 0.4) is 0 Å². The number of aliphatic hydroxyl groups excluding tert-OH is 6. The Morgan fingerprint density at radius 1 is 0.746 bits per heavy atom. The van der Waals surface area contributed by atoms with Gasteiger partial charge in [-0.3, -0.25) is 14.5 Å². The molecule has 2 heterocycles. The summed E-state index contributed by atoms with van der Waals surface area (Å²) in [6.45, 7) is 9.31. The van der Waals surface area contributed by atoms with Gasteiger partial charge in [-0.2, -0.15) is 0 Å². The van der Waals surface area contributed by atoms with E-state index >= 15 is 0 Å². The first kappa shape index (κ1) is 53.7. The quantitative estimate of drug-likeness (QED) is 0.0299. The Hall–Kier alpha value is -1.42. The number of amides is 1. The number of likely N-dealkylation sites (tertiary alicyclic amines) is 1. The molecule has 2 fully saturated rings. The van der Waals surface area contributed by atoms with Gasteiger partial charge < -0.3 is 50.2 Å². The standard InChI is InChI=1S/C46H88N2O11/c1-5-6-7-8-9-10-11-12-13-17-20-23-26-37(50)41(53)36(34-57-45-44(56)43(55)42(54)38(33-49)58-45)47-39(51)27-24-21-18-15-14-16-19-22-25-35-28-30-48(31-29-35)32-40(52)59-46(2,3)4/h35-38,41-45,49-50,53-56H,5-34H2,1-4H3,(H,47,51)/t36-,37+,38?,41-,42?,43?,44?,45?/m0/s1. The molecule has 0 spiro atoms. The molecule has 5 unspecified atom stereocenters. The number of hydrogen-bond acceptors (Lipinski definition) is 12. The molecule has 8 atom stereocenters. The van der Waals surface area contributed by atoms with Crippen LogP contribution in [0.4, 0.5) is 0 Å². The molecule has 0 aromatic carbocycles. The molecule has 0 bridgehead atoms. The lowest BCUT2D eigenvalue weighted by molar-refractivity contribution is -0.303. The van der Waals surface area contributed by atoms with Crippen molar-refractivity contribution in [1.29, 1.82) is 0 Å². The van der Waals surface area contributed by atoms with Crippen molar-refractivity contribution in [1.82, 2.24) is 10.2 Å². The Labute approximate surface area is 357 Å². The number of nitrogens with one attached hydrogen (secondary N) is 1. The fourth-order valence-electron chi connectivity index (χ4n) is 8.31. The van der Waals surface area contributed by atoms with Gasteiger partial charge in [0.1, 0.15) is 36.1 Å². The molecule has 1 amide bonds. The zero-order chi connectivity index (χ0) is 43.5. The number of piperidine rings is 1. The van der Waals surface area contributed by atoms with E-state index in [2.05, 4.69) is 17.1 Å². The topological polar surface area (TPSA) is 198 Å². The molecular weight excluding hydrogens is 757 g/mol. The van der Waals surface area contributed by atoms with Crippen molar-refractivity contribution in [2.24, 2.45) is 5.92 Å². The number of aliphatic hydroxyl groups is 6. The van der Waals surface area contributed by atoms with Crippen LogP contribution in [0.25, 0.3) is 0 Å². The number of nitrogens with zero attached hydrogens (tertiary/aromatic N) is 1. The SMILES string of the molecule is CCCCCCCCCCCCCC[C@@H](O)[C@@H](O)[C@H](COC1OC(CO)C(O)C(O)C1O)NC(=O)CCCCCCCCCCC1CCN(CC(=O)OC(C)(C)C)CC1. The van der Waals surface area contributed by atoms with Crippen molar-refractivity contribution in [2.75, 3.05) is 32.8 Å². The highest BCUT2D eigenvalue weighted by Crippen LogP contribution is 2.25. The smallest absolute Gasteiger partial charge is 0.320 e. The van der Waals surface area contributed by atoms with Gasteiger partial charge in [0.2, 0.25) is 5.91 Å². The van der Waals surface area contributed by atoms with E-state index in [1.807, 2.05) is 20.8 Å². The average molecular weight is 845 g/mol. The largest absolute Gasteiger partial charge is 0.459 e. The summed E-state index contributed by atoms with van der Waals surface area (Å²) in [7, 11) is 0. The Morgan fingerprint density at radius 3 is 1.81 bits per heavy atom. The summed E-state index contributed by atoms with van der Waals surface area (Å²) >= 11 is 0. The molecule has 2 saturated heterocycles. The molecule has 2 rings (SSSR count). The van der Waals surface area contributed by atoms with Crippen LogP contribution in [0.2, 0.25) is 0 Å². The van der Waals surface area contributed by atoms with Crippen LogP contribution < -0.4 is 5.32 Å². The molecule has 7 N–H and O–H groups in total. The Kier molecular flexibility index (Phi) is 28.6. The second-order valence-electron chi connectivity index (χ2n) is 18.6. The highest BCUT2D eigenvalue weighted by Gasteiger charge is 2.44. The van der Waals surface area contributed by atoms with E-state index in [4.69, 9.17) is 14.2 Å². The fourth-order valence-corrected chi connectivity index (χ4v) is 8.31. The second kappa shape index (κ2) is 31.4. The average Bonchev–Trinajstić information content (AvgIpc) is 3.19. The van der Waals surface area contributed by atoms with Crippen molar-refractivity contribution < 1.29 is 54.4 Å². The van der Waals surface area contributed by atoms with E-state index in [1.54, 1.807) is 0 Å². The third kappa shape index (κ3) is 24.1. The minimum Gasteiger partial charge on any atom is -0.459 e. The lowest BCUT2D eigenvalue weighted by Crippen LogP contribution is -2.60. The van der Waals surface area contributed by atoms with Crippen molar-refractivity contribution in [3.8, 4) is 0 Å². The van der Waals surface area contributed by atoms with E-state index in [-0.39, 0.29) is 24.9 Å². The summed E-state index contributed by atoms with van der Waals surface area (Å²) in [5, 5.41) is 65.2. The first-order valence-corrected chi connectivity index (χ1v) is 23.8. The van der Waals surface area contributed by atoms with Gasteiger partial charge in [-0.05, 0) is 65.5 Å². The summed E-state index contributed by atoms with van der Waals surface area (Å²) in [6, 6.07) is -1.01. The zero-order valence-corrected chi connectivity index (χ0v) is 37.6. The summed E-state index contributed by atoms with van der Waals surface area (Å²) in [5.41, 5.74) is -0.443. The van der Waals surface area contributed by atoms with Gasteiger partial charge in [0, 0.05) is 6.42 Å². The molecule has 2 aliphatic rings. The maximum atomic E-state index is 13.0. The fraction of sp³-hybridized carbons (Fsp3) is 0.957. The van der Waals surface area contributed by atoms with E-state index in [1.165, 1.54) is 83.5 Å². The molecule has 348 valence electrons. The number of carbonyl (C=O) groups excluding carboxylic acids is 2. The molecular formula is C46H88N2O11. The van der Waals surface area contributed by atoms with Crippen LogP contribution in [0.5, 0.6) is 0 Å². The summed E-state index contributed by atoms with van der Waals surface area (Å²) in [5.74, 6) is 0.315. The molecule has 0 aromatic rings. The van der Waals surface area contributed by atoms with Crippen LogP contribution in [-0.4, -0.2) is 135 Å². The minimum absolute atomic E-state index is 0.142. The number of rotatable bonds is 33. The number of carbonyl (C=O) groups is 2.